The van der Waals surface area contributed by atoms with Gasteiger partial charge in [-0.15, -0.1) is 0 Å². The molecule has 0 aliphatic carbocycles. The molecule has 0 aliphatic rings. The zero-order valence-electron chi connectivity index (χ0n) is 13.3. The molecule has 0 spiro atoms. The molecule has 1 amide bonds. The van der Waals surface area contributed by atoms with Gasteiger partial charge in [-0.1, -0.05) is 18.5 Å². The van der Waals surface area contributed by atoms with E-state index in [0.717, 1.165) is 23.5 Å². The summed E-state index contributed by atoms with van der Waals surface area (Å²) in [6.45, 7) is 4.29. The van der Waals surface area contributed by atoms with Crippen molar-refractivity contribution in [1.82, 2.24) is 0 Å². The third-order valence-corrected chi connectivity index (χ3v) is 3.60. The Morgan fingerprint density at radius 2 is 1.70 bits per heavy atom. The molecule has 2 aromatic rings. The van der Waals surface area contributed by atoms with Crippen LogP contribution in [0.2, 0.25) is 5.02 Å². The van der Waals surface area contributed by atoms with Crippen LogP contribution < -0.4 is 15.4 Å². The van der Waals surface area contributed by atoms with Crippen molar-refractivity contribution in [3.8, 4) is 5.75 Å². The van der Waals surface area contributed by atoms with Gasteiger partial charge in [0.15, 0.2) is 0 Å². The summed E-state index contributed by atoms with van der Waals surface area (Å²) in [5.41, 5.74) is 1.59. The molecule has 4 nitrogen and oxygen atoms in total. The third-order valence-electron chi connectivity index (χ3n) is 3.35. The van der Waals surface area contributed by atoms with Crippen LogP contribution in [0.15, 0.2) is 48.5 Å². The number of amides is 1. The number of carbonyl (C=O) groups is 1. The van der Waals surface area contributed by atoms with E-state index >= 15 is 0 Å². The van der Waals surface area contributed by atoms with E-state index in [4.69, 9.17) is 16.3 Å². The molecule has 23 heavy (non-hydrogen) atoms. The van der Waals surface area contributed by atoms with Gasteiger partial charge in [-0.05, 0) is 61.9 Å². The smallest absolute Gasteiger partial charge is 0.243 e. The van der Waals surface area contributed by atoms with Crippen molar-refractivity contribution in [1.29, 1.82) is 0 Å². The van der Waals surface area contributed by atoms with Crippen LogP contribution >= 0.6 is 11.6 Å². The first-order chi connectivity index (χ1) is 11.1. The topological polar surface area (TPSA) is 50.4 Å². The molecule has 122 valence electrons. The number of anilines is 2. The van der Waals surface area contributed by atoms with Gasteiger partial charge in [0.2, 0.25) is 5.91 Å². The van der Waals surface area contributed by atoms with Gasteiger partial charge in [0.25, 0.3) is 0 Å². The summed E-state index contributed by atoms with van der Waals surface area (Å²) in [7, 11) is 0. The summed E-state index contributed by atoms with van der Waals surface area (Å²) < 4.78 is 5.70. The molecule has 0 saturated heterocycles. The number of hydrogen-bond acceptors (Lipinski definition) is 3. The highest BCUT2D eigenvalue weighted by atomic mass is 35.5. The number of carbonyl (C=O) groups excluding carboxylic acids is 1. The summed E-state index contributed by atoms with van der Waals surface area (Å²) >= 11 is 5.82. The molecule has 0 bridgehead atoms. The number of halogens is 1. The minimum Gasteiger partial charge on any atom is -0.491 e. The average Bonchev–Trinajstić information content (AvgIpc) is 2.56. The summed E-state index contributed by atoms with van der Waals surface area (Å²) in [6.07, 6.45) is 1.13. The van der Waals surface area contributed by atoms with Gasteiger partial charge >= 0.3 is 0 Å². The van der Waals surface area contributed by atoms with Crippen molar-refractivity contribution in [3.05, 3.63) is 53.6 Å². The second-order valence-electron chi connectivity index (χ2n) is 5.27. The lowest BCUT2D eigenvalue weighted by atomic mass is 10.2. The first-order valence-electron chi connectivity index (χ1n) is 7.63. The van der Waals surface area contributed by atoms with E-state index < -0.39 is 0 Å². The van der Waals surface area contributed by atoms with Gasteiger partial charge in [-0.2, -0.15) is 0 Å². The molecular formula is C18H21ClN2O2. The van der Waals surface area contributed by atoms with Crippen molar-refractivity contribution in [2.75, 3.05) is 17.2 Å². The maximum absolute atomic E-state index is 11.9. The number of hydrogen-bond donors (Lipinski definition) is 2. The predicted molar refractivity (Wildman–Crippen MR) is 95.4 cm³/mol. The van der Waals surface area contributed by atoms with Crippen LogP contribution in [0.1, 0.15) is 20.3 Å². The van der Waals surface area contributed by atoms with Crippen molar-refractivity contribution < 1.29 is 9.53 Å². The largest absolute Gasteiger partial charge is 0.491 e. The Labute approximate surface area is 141 Å². The van der Waals surface area contributed by atoms with E-state index in [9.17, 15) is 4.79 Å². The Balaban J connectivity index is 1.81. The number of nitrogens with one attached hydrogen (secondary N) is 2. The Hall–Kier alpha value is -2.20. The lowest BCUT2D eigenvalue weighted by Gasteiger charge is -2.13. The molecule has 0 saturated carbocycles. The molecule has 0 radical (unpaired) electrons. The van der Waals surface area contributed by atoms with Crippen molar-refractivity contribution in [3.63, 3.8) is 0 Å². The van der Waals surface area contributed by atoms with Crippen LogP contribution in [0.3, 0.4) is 0 Å². The fourth-order valence-electron chi connectivity index (χ4n) is 1.89. The van der Waals surface area contributed by atoms with Gasteiger partial charge in [0, 0.05) is 16.4 Å². The molecule has 2 rings (SSSR count). The molecule has 0 fully saturated rings. The minimum atomic E-state index is -0.115. The standard InChI is InChI=1S/C18H21ClN2O2/c1-3-13(2)23-17-10-8-16(9-11-17)21-18(22)12-20-15-6-4-14(19)5-7-15/h4-11,13,20H,3,12H2,1-2H3,(H,21,22). The lowest BCUT2D eigenvalue weighted by molar-refractivity contribution is -0.114. The SMILES string of the molecule is CCC(C)Oc1ccc(NC(=O)CNc2ccc(Cl)cc2)cc1. The van der Waals surface area contributed by atoms with Crippen LogP contribution in [0, 0.1) is 0 Å². The summed E-state index contributed by atoms with van der Waals surface area (Å²) in [5, 5.41) is 6.54. The van der Waals surface area contributed by atoms with Gasteiger partial charge < -0.3 is 15.4 Å². The van der Waals surface area contributed by atoms with Crippen LogP contribution in [0.4, 0.5) is 11.4 Å². The van der Waals surface area contributed by atoms with Gasteiger partial charge in [0.1, 0.15) is 5.75 Å². The zero-order chi connectivity index (χ0) is 16.7. The molecule has 0 aliphatic heterocycles. The van der Waals surface area contributed by atoms with E-state index in [1.807, 2.05) is 43.3 Å². The van der Waals surface area contributed by atoms with Crippen molar-refractivity contribution >= 4 is 28.9 Å². The first kappa shape index (κ1) is 17.2. The maximum Gasteiger partial charge on any atom is 0.243 e. The highest BCUT2D eigenvalue weighted by Gasteiger charge is 2.04. The van der Waals surface area contributed by atoms with Gasteiger partial charge in [0.05, 0.1) is 12.6 Å². The summed E-state index contributed by atoms with van der Waals surface area (Å²) in [5.74, 6) is 0.687. The monoisotopic (exact) mass is 332 g/mol. The van der Waals surface area contributed by atoms with E-state index in [1.165, 1.54) is 0 Å². The van der Waals surface area contributed by atoms with E-state index in [-0.39, 0.29) is 18.6 Å². The molecule has 2 N–H and O–H groups in total. The van der Waals surface area contributed by atoms with E-state index in [1.54, 1.807) is 12.1 Å². The molecule has 5 heteroatoms. The maximum atomic E-state index is 11.9. The summed E-state index contributed by atoms with van der Waals surface area (Å²) in [6, 6.07) is 14.6. The van der Waals surface area contributed by atoms with Crippen LogP contribution in [0.5, 0.6) is 5.75 Å². The second-order valence-corrected chi connectivity index (χ2v) is 5.71. The molecule has 1 unspecified atom stereocenters. The molecule has 1 atom stereocenters. The van der Waals surface area contributed by atoms with Crippen molar-refractivity contribution in [2.24, 2.45) is 0 Å². The fraction of sp³-hybridized carbons (Fsp3) is 0.278. The zero-order valence-corrected chi connectivity index (χ0v) is 14.1. The predicted octanol–water partition coefficient (Wildman–Crippen LogP) is 4.57. The molecule has 0 heterocycles. The van der Waals surface area contributed by atoms with Gasteiger partial charge in [-0.25, -0.2) is 0 Å². The average molecular weight is 333 g/mol. The van der Waals surface area contributed by atoms with Crippen molar-refractivity contribution in [2.45, 2.75) is 26.4 Å². The molecule has 0 aromatic heterocycles. The van der Waals surface area contributed by atoms with Crippen LogP contribution in [-0.2, 0) is 4.79 Å². The Bertz CT molecular complexity index is 626. The Kier molecular flexibility index (Phi) is 6.29. The third kappa shape index (κ3) is 5.83. The highest BCUT2D eigenvalue weighted by Crippen LogP contribution is 2.18. The number of rotatable bonds is 7. The number of ether oxygens (including phenoxy) is 1. The fourth-order valence-corrected chi connectivity index (χ4v) is 2.01. The van der Waals surface area contributed by atoms with E-state index in [0.29, 0.717) is 5.02 Å². The lowest BCUT2D eigenvalue weighted by Crippen LogP contribution is -2.21. The normalized spacial score (nSPS) is 11.6. The van der Waals surface area contributed by atoms with E-state index in [2.05, 4.69) is 17.6 Å². The quantitative estimate of drug-likeness (QED) is 0.781. The summed E-state index contributed by atoms with van der Waals surface area (Å²) in [4.78, 5) is 11.9. The highest BCUT2D eigenvalue weighted by molar-refractivity contribution is 6.30. The Morgan fingerprint density at radius 1 is 1.09 bits per heavy atom. The first-order valence-corrected chi connectivity index (χ1v) is 8.00. The second kappa shape index (κ2) is 8.44. The molecule has 2 aromatic carbocycles. The van der Waals surface area contributed by atoms with Crippen LogP contribution in [0.25, 0.3) is 0 Å². The number of benzene rings is 2. The minimum absolute atomic E-state index is 0.115. The van der Waals surface area contributed by atoms with Gasteiger partial charge in [-0.3, -0.25) is 4.79 Å². The Morgan fingerprint density at radius 3 is 2.30 bits per heavy atom. The molecular weight excluding hydrogens is 312 g/mol. The van der Waals surface area contributed by atoms with Crippen LogP contribution in [-0.4, -0.2) is 18.6 Å².